The molecule has 0 aliphatic rings. The van der Waals surface area contributed by atoms with Crippen molar-refractivity contribution in [2.24, 2.45) is 0 Å². The van der Waals surface area contributed by atoms with E-state index >= 15 is 0 Å². The maximum absolute atomic E-state index is 11.2. The Balaban J connectivity index is 2.95. The standard InChI is InChI=1S/C9H6ClNO/c10-7-3-4-8(12)9-6(7)2-1-5-11-9/h1-5,12H/p-1. The van der Waals surface area contributed by atoms with Crippen LogP contribution in [0, 0.1) is 0 Å². The first-order valence-corrected chi connectivity index (χ1v) is 3.87. The zero-order valence-corrected chi connectivity index (χ0v) is 6.88. The maximum Gasteiger partial charge on any atom is 0.0638 e. The molecule has 0 saturated heterocycles. The van der Waals surface area contributed by atoms with E-state index in [1.54, 1.807) is 24.4 Å². The van der Waals surface area contributed by atoms with Crippen molar-refractivity contribution in [3.8, 4) is 5.75 Å². The van der Waals surface area contributed by atoms with Gasteiger partial charge < -0.3 is 5.11 Å². The van der Waals surface area contributed by atoms with Crippen molar-refractivity contribution in [2.75, 3.05) is 0 Å². The molecule has 0 unspecified atom stereocenters. The molecular weight excluding hydrogens is 174 g/mol. The Labute approximate surface area is 74.4 Å². The predicted molar refractivity (Wildman–Crippen MR) is 46.2 cm³/mol. The highest BCUT2D eigenvalue weighted by Crippen LogP contribution is 2.26. The second-order valence-corrected chi connectivity index (χ2v) is 2.85. The Morgan fingerprint density at radius 2 is 2.08 bits per heavy atom. The number of hydrogen-bond acceptors (Lipinski definition) is 2. The normalized spacial score (nSPS) is 10.4. The number of aromatic nitrogens is 1. The van der Waals surface area contributed by atoms with Crippen LogP contribution in [0.5, 0.6) is 5.75 Å². The molecule has 1 aromatic heterocycles. The van der Waals surface area contributed by atoms with E-state index in [4.69, 9.17) is 11.6 Å². The third kappa shape index (κ3) is 1.01. The van der Waals surface area contributed by atoms with Crippen LogP contribution in [0.1, 0.15) is 0 Å². The van der Waals surface area contributed by atoms with E-state index in [9.17, 15) is 5.11 Å². The summed E-state index contributed by atoms with van der Waals surface area (Å²) in [7, 11) is 0. The molecule has 1 aromatic carbocycles. The zero-order chi connectivity index (χ0) is 8.55. The lowest BCUT2D eigenvalue weighted by molar-refractivity contribution is -0.266. The number of fused-ring (bicyclic) bond motifs is 1. The monoisotopic (exact) mass is 178 g/mol. The Morgan fingerprint density at radius 3 is 2.83 bits per heavy atom. The van der Waals surface area contributed by atoms with Crippen molar-refractivity contribution in [3.63, 3.8) is 0 Å². The first kappa shape index (κ1) is 7.37. The number of benzene rings is 1. The van der Waals surface area contributed by atoms with Gasteiger partial charge in [-0.15, -0.1) is 0 Å². The van der Waals surface area contributed by atoms with Crippen LogP contribution in [-0.4, -0.2) is 4.98 Å². The first-order chi connectivity index (χ1) is 5.79. The molecule has 3 heteroatoms. The lowest BCUT2D eigenvalue weighted by Crippen LogP contribution is -1.92. The minimum atomic E-state index is -0.0880. The lowest BCUT2D eigenvalue weighted by atomic mass is 10.2. The second kappa shape index (κ2) is 2.64. The van der Waals surface area contributed by atoms with E-state index in [1.165, 1.54) is 6.07 Å². The van der Waals surface area contributed by atoms with Crippen molar-refractivity contribution in [1.29, 1.82) is 0 Å². The third-order valence-electron chi connectivity index (χ3n) is 1.68. The first-order valence-electron chi connectivity index (χ1n) is 3.49. The highest BCUT2D eigenvalue weighted by Gasteiger charge is 1.97. The zero-order valence-electron chi connectivity index (χ0n) is 6.12. The fourth-order valence-electron chi connectivity index (χ4n) is 1.11. The van der Waals surface area contributed by atoms with Crippen LogP contribution in [0.4, 0.5) is 0 Å². The van der Waals surface area contributed by atoms with Crippen LogP contribution in [0.25, 0.3) is 10.9 Å². The molecule has 2 nitrogen and oxygen atoms in total. The number of pyridine rings is 1. The van der Waals surface area contributed by atoms with Gasteiger partial charge in [-0.2, -0.15) is 0 Å². The van der Waals surface area contributed by atoms with E-state index in [0.717, 1.165) is 0 Å². The van der Waals surface area contributed by atoms with Crippen molar-refractivity contribution in [1.82, 2.24) is 4.98 Å². The van der Waals surface area contributed by atoms with E-state index in [0.29, 0.717) is 15.9 Å². The molecule has 60 valence electrons. The summed E-state index contributed by atoms with van der Waals surface area (Å²) in [6.45, 7) is 0. The van der Waals surface area contributed by atoms with Crippen molar-refractivity contribution in [3.05, 3.63) is 35.5 Å². The van der Waals surface area contributed by atoms with Gasteiger partial charge in [-0.3, -0.25) is 4.98 Å². The summed E-state index contributed by atoms with van der Waals surface area (Å²) in [5.41, 5.74) is 0.435. The molecule has 0 N–H and O–H groups in total. The fraction of sp³-hybridized carbons (Fsp3) is 0. The summed E-state index contributed by atoms with van der Waals surface area (Å²) >= 11 is 5.85. The van der Waals surface area contributed by atoms with Gasteiger partial charge in [-0.05, 0) is 18.2 Å². The topological polar surface area (TPSA) is 36.0 Å². The van der Waals surface area contributed by atoms with Gasteiger partial charge in [0.05, 0.1) is 5.52 Å². The summed E-state index contributed by atoms with van der Waals surface area (Å²) in [6, 6.07) is 6.56. The number of halogens is 1. The summed E-state index contributed by atoms with van der Waals surface area (Å²) in [5, 5.41) is 12.5. The average Bonchev–Trinajstić information content (AvgIpc) is 2.12. The minimum Gasteiger partial charge on any atom is -0.871 e. The largest absolute Gasteiger partial charge is 0.871 e. The number of nitrogens with zero attached hydrogens (tertiary/aromatic N) is 1. The van der Waals surface area contributed by atoms with Crippen molar-refractivity contribution in [2.45, 2.75) is 0 Å². The lowest BCUT2D eigenvalue weighted by Gasteiger charge is -2.08. The van der Waals surface area contributed by atoms with Gasteiger partial charge in [0, 0.05) is 16.6 Å². The molecule has 0 spiro atoms. The molecule has 2 rings (SSSR count). The number of hydrogen-bond donors (Lipinski definition) is 0. The summed E-state index contributed by atoms with van der Waals surface area (Å²) in [6.07, 6.45) is 1.58. The quantitative estimate of drug-likeness (QED) is 0.618. The molecule has 0 aliphatic carbocycles. The average molecular weight is 179 g/mol. The van der Waals surface area contributed by atoms with Crippen LogP contribution >= 0.6 is 11.6 Å². The molecular formula is C9H5ClNO-. The molecule has 0 atom stereocenters. The van der Waals surface area contributed by atoms with Gasteiger partial charge >= 0.3 is 0 Å². The highest BCUT2D eigenvalue weighted by atomic mass is 35.5. The highest BCUT2D eigenvalue weighted by molar-refractivity contribution is 6.35. The summed E-state index contributed by atoms with van der Waals surface area (Å²) in [4.78, 5) is 3.94. The fourth-order valence-corrected chi connectivity index (χ4v) is 1.33. The molecule has 12 heavy (non-hydrogen) atoms. The van der Waals surface area contributed by atoms with Gasteiger partial charge in [-0.1, -0.05) is 23.4 Å². The van der Waals surface area contributed by atoms with E-state index < -0.39 is 0 Å². The minimum absolute atomic E-state index is 0.0880. The smallest absolute Gasteiger partial charge is 0.0638 e. The molecule has 2 aromatic rings. The Kier molecular flexibility index (Phi) is 1.62. The third-order valence-corrected chi connectivity index (χ3v) is 2.01. The van der Waals surface area contributed by atoms with Gasteiger partial charge in [0.2, 0.25) is 0 Å². The van der Waals surface area contributed by atoms with Gasteiger partial charge in [-0.25, -0.2) is 0 Å². The Morgan fingerprint density at radius 1 is 1.25 bits per heavy atom. The molecule has 0 saturated carbocycles. The molecule has 0 radical (unpaired) electrons. The van der Waals surface area contributed by atoms with Crippen LogP contribution in [-0.2, 0) is 0 Å². The maximum atomic E-state index is 11.2. The molecule has 0 amide bonds. The molecule has 0 aliphatic heterocycles. The molecule has 1 heterocycles. The van der Waals surface area contributed by atoms with Crippen LogP contribution in [0.3, 0.4) is 0 Å². The second-order valence-electron chi connectivity index (χ2n) is 2.45. The Bertz CT molecular complexity index is 387. The predicted octanol–water partition coefficient (Wildman–Crippen LogP) is 1.96. The van der Waals surface area contributed by atoms with E-state index in [-0.39, 0.29) is 5.75 Å². The van der Waals surface area contributed by atoms with Gasteiger partial charge in [0.1, 0.15) is 0 Å². The van der Waals surface area contributed by atoms with E-state index in [1.807, 2.05) is 0 Å². The van der Waals surface area contributed by atoms with Gasteiger partial charge in [0.25, 0.3) is 0 Å². The molecule has 0 bridgehead atoms. The van der Waals surface area contributed by atoms with Crippen LogP contribution < -0.4 is 5.11 Å². The summed E-state index contributed by atoms with van der Waals surface area (Å²) in [5.74, 6) is -0.0880. The number of rotatable bonds is 0. The van der Waals surface area contributed by atoms with E-state index in [2.05, 4.69) is 4.98 Å². The van der Waals surface area contributed by atoms with Crippen LogP contribution in [0.15, 0.2) is 30.5 Å². The van der Waals surface area contributed by atoms with Crippen molar-refractivity contribution < 1.29 is 5.11 Å². The summed E-state index contributed by atoms with van der Waals surface area (Å²) < 4.78 is 0. The van der Waals surface area contributed by atoms with Gasteiger partial charge in [0.15, 0.2) is 0 Å². The SMILES string of the molecule is [O-]c1ccc(Cl)c2cccnc12. The molecule has 0 fully saturated rings. The Hall–Kier alpha value is -1.28. The van der Waals surface area contributed by atoms with Crippen molar-refractivity contribution >= 4 is 22.5 Å². The van der Waals surface area contributed by atoms with Crippen LogP contribution in [0.2, 0.25) is 5.02 Å².